The van der Waals surface area contributed by atoms with Crippen LogP contribution in [-0.2, 0) is 0 Å². The molecule has 64 heavy (non-hydrogen) atoms. The van der Waals surface area contributed by atoms with E-state index in [0.29, 0.717) is 0 Å². The summed E-state index contributed by atoms with van der Waals surface area (Å²) in [7, 11) is 0. The van der Waals surface area contributed by atoms with Crippen molar-refractivity contribution >= 4 is 60.5 Å². The second kappa shape index (κ2) is 15.8. The number of anilines is 3. The standard InChI is InChI=1S/C62H41NO/c1-3-13-42(14-4-1)43-25-27-44(28-26-43)45-29-35-50(36-30-45)63(51-37-31-48(32-38-51)55-21-12-23-59-58-19-9-10-24-61(58)64-62(55)59)60-41-49(34-39-54(60)46-15-5-2-6-16-46)53-20-11-22-56-52-18-8-7-17-47(52)33-40-57(53)56/h1-41H. The first kappa shape index (κ1) is 37.3. The third-order valence-corrected chi connectivity index (χ3v) is 12.7. The molecule has 0 amide bonds. The first-order chi connectivity index (χ1) is 31.7. The predicted octanol–water partition coefficient (Wildman–Crippen LogP) is 17.7. The van der Waals surface area contributed by atoms with Crippen molar-refractivity contribution in [1.82, 2.24) is 0 Å². The lowest BCUT2D eigenvalue weighted by molar-refractivity contribution is 0.670. The summed E-state index contributed by atoms with van der Waals surface area (Å²) in [5.74, 6) is 0. The Kier molecular flexibility index (Phi) is 9.20. The minimum atomic E-state index is 0.899. The van der Waals surface area contributed by atoms with E-state index in [-0.39, 0.29) is 0 Å². The highest BCUT2D eigenvalue weighted by molar-refractivity contribution is 6.13. The number of para-hydroxylation sites is 2. The summed E-state index contributed by atoms with van der Waals surface area (Å²) < 4.78 is 6.49. The molecular formula is C62H41NO. The van der Waals surface area contributed by atoms with E-state index in [9.17, 15) is 0 Å². The smallest absolute Gasteiger partial charge is 0.143 e. The van der Waals surface area contributed by atoms with Gasteiger partial charge >= 0.3 is 0 Å². The van der Waals surface area contributed by atoms with Gasteiger partial charge in [-0.15, -0.1) is 0 Å². The molecule has 0 saturated carbocycles. The molecule has 0 radical (unpaired) electrons. The minimum absolute atomic E-state index is 0.899. The van der Waals surface area contributed by atoms with Gasteiger partial charge in [0.2, 0.25) is 0 Å². The van der Waals surface area contributed by atoms with Crippen molar-refractivity contribution in [2.75, 3.05) is 4.90 Å². The van der Waals surface area contributed by atoms with Gasteiger partial charge in [0.25, 0.3) is 0 Å². The Morgan fingerprint density at radius 2 is 0.766 bits per heavy atom. The highest BCUT2D eigenvalue weighted by Crippen LogP contribution is 2.45. The van der Waals surface area contributed by atoms with Gasteiger partial charge in [0.05, 0.1) is 5.69 Å². The van der Waals surface area contributed by atoms with Crippen LogP contribution in [0.1, 0.15) is 0 Å². The monoisotopic (exact) mass is 815 g/mol. The molecule has 2 heteroatoms. The number of nitrogens with zero attached hydrogens (tertiary/aromatic N) is 1. The Bertz CT molecular complexity index is 3630. The van der Waals surface area contributed by atoms with Crippen LogP contribution in [0.3, 0.4) is 0 Å². The third kappa shape index (κ3) is 6.61. The summed E-state index contributed by atoms with van der Waals surface area (Å²) in [6.07, 6.45) is 0. The lowest BCUT2D eigenvalue weighted by Crippen LogP contribution is -2.11. The summed E-state index contributed by atoms with van der Waals surface area (Å²) >= 11 is 0. The Labute approximate surface area is 372 Å². The second-order valence-electron chi connectivity index (χ2n) is 16.4. The van der Waals surface area contributed by atoms with Gasteiger partial charge in [-0.3, -0.25) is 0 Å². The fraction of sp³-hybridized carbons (Fsp3) is 0. The number of benzene rings is 11. The minimum Gasteiger partial charge on any atom is -0.455 e. The Balaban J connectivity index is 1.02. The molecule has 0 unspecified atom stereocenters. The van der Waals surface area contributed by atoms with Gasteiger partial charge in [0, 0.05) is 33.3 Å². The van der Waals surface area contributed by atoms with Crippen molar-refractivity contribution in [1.29, 1.82) is 0 Å². The number of fused-ring (bicyclic) bond motifs is 6. The van der Waals surface area contributed by atoms with Crippen LogP contribution < -0.4 is 4.90 Å². The zero-order chi connectivity index (χ0) is 42.4. The normalized spacial score (nSPS) is 11.4. The number of hydrogen-bond acceptors (Lipinski definition) is 2. The van der Waals surface area contributed by atoms with E-state index in [2.05, 4.69) is 241 Å². The molecule has 0 saturated heterocycles. The van der Waals surface area contributed by atoms with Crippen molar-refractivity contribution in [2.24, 2.45) is 0 Å². The summed E-state index contributed by atoms with van der Waals surface area (Å²) in [5.41, 5.74) is 16.6. The van der Waals surface area contributed by atoms with Gasteiger partial charge < -0.3 is 9.32 Å². The predicted molar refractivity (Wildman–Crippen MR) is 271 cm³/mol. The molecule has 2 nitrogen and oxygen atoms in total. The Morgan fingerprint density at radius 1 is 0.266 bits per heavy atom. The maximum Gasteiger partial charge on any atom is 0.143 e. The summed E-state index contributed by atoms with van der Waals surface area (Å²) in [5, 5.41) is 7.25. The molecule has 1 aromatic heterocycles. The zero-order valence-electron chi connectivity index (χ0n) is 35.0. The van der Waals surface area contributed by atoms with Crippen molar-refractivity contribution in [3.8, 4) is 55.6 Å². The molecule has 0 atom stereocenters. The van der Waals surface area contributed by atoms with Gasteiger partial charge in [0.1, 0.15) is 11.2 Å². The average molecular weight is 816 g/mol. The SMILES string of the molecule is c1ccc(-c2ccc(-c3ccc(N(c4ccc(-c5cccc6c5oc5ccccc56)cc4)c4cc(-c5cccc6c5ccc5ccccc56)ccc4-c4ccccc4)cc3)cc2)cc1. The van der Waals surface area contributed by atoms with Crippen LogP contribution in [0.15, 0.2) is 253 Å². The van der Waals surface area contributed by atoms with Crippen molar-refractivity contribution in [3.05, 3.63) is 249 Å². The van der Waals surface area contributed by atoms with Crippen LogP contribution in [0.4, 0.5) is 17.1 Å². The zero-order valence-corrected chi connectivity index (χ0v) is 35.0. The van der Waals surface area contributed by atoms with Gasteiger partial charge in [0.15, 0.2) is 0 Å². The molecule has 12 aromatic rings. The van der Waals surface area contributed by atoms with Crippen LogP contribution in [-0.4, -0.2) is 0 Å². The molecule has 0 bridgehead atoms. The van der Waals surface area contributed by atoms with Crippen LogP contribution >= 0.6 is 0 Å². The Morgan fingerprint density at radius 3 is 1.47 bits per heavy atom. The lowest BCUT2D eigenvalue weighted by atomic mass is 9.92. The maximum atomic E-state index is 6.49. The van der Waals surface area contributed by atoms with Crippen LogP contribution in [0.25, 0.3) is 99.1 Å². The molecule has 1 heterocycles. The topological polar surface area (TPSA) is 16.4 Å². The fourth-order valence-corrected chi connectivity index (χ4v) is 9.52. The molecule has 0 aliphatic carbocycles. The number of hydrogen-bond donors (Lipinski definition) is 0. The molecular weight excluding hydrogens is 775 g/mol. The van der Waals surface area contributed by atoms with Crippen LogP contribution in [0, 0.1) is 0 Å². The van der Waals surface area contributed by atoms with E-state index in [0.717, 1.165) is 72.4 Å². The first-order valence-corrected chi connectivity index (χ1v) is 21.9. The van der Waals surface area contributed by atoms with E-state index >= 15 is 0 Å². The van der Waals surface area contributed by atoms with E-state index in [4.69, 9.17) is 4.42 Å². The van der Waals surface area contributed by atoms with Crippen molar-refractivity contribution in [3.63, 3.8) is 0 Å². The average Bonchev–Trinajstić information content (AvgIpc) is 3.76. The van der Waals surface area contributed by atoms with E-state index in [1.54, 1.807) is 0 Å². The summed E-state index contributed by atoms with van der Waals surface area (Å²) in [6.45, 7) is 0. The Hall–Kier alpha value is -8.46. The highest BCUT2D eigenvalue weighted by atomic mass is 16.3. The molecule has 11 aromatic carbocycles. The fourth-order valence-electron chi connectivity index (χ4n) is 9.52. The molecule has 12 rings (SSSR count). The quantitative estimate of drug-likeness (QED) is 0.142. The number of furan rings is 1. The van der Waals surface area contributed by atoms with E-state index in [1.165, 1.54) is 43.8 Å². The van der Waals surface area contributed by atoms with Gasteiger partial charge in [-0.2, -0.15) is 0 Å². The molecule has 300 valence electrons. The van der Waals surface area contributed by atoms with Gasteiger partial charge in [-0.05, 0) is 102 Å². The van der Waals surface area contributed by atoms with E-state index in [1.807, 2.05) is 12.1 Å². The van der Waals surface area contributed by atoms with Gasteiger partial charge in [-0.1, -0.05) is 212 Å². The summed E-state index contributed by atoms with van der Waals surface area (Å²) in [4.78, 5) is 2.42. The largest absolute Gasteiger partial charge is 0.455 e. The highest BCUT2D eigenvalue weighted by Gasteiger charge is 2.21. The summed E-state index contributed by atoms with van der Waals surface area (Å²) in [6, 6.07) is 89.7. The third-order valence-electron chi connectivity index (χ3n) is 12.7. The molecule has 0 N–H and O–H groups in total. The van der Waals surface area contributed by atoms with Crippen molar-refractivity contribution < 1.29 is 4.42 Å². The first-order valence-electron chi connectivity index (χ1n) is 21.9. The maximum absolute atomic E-state index is 6.49. The number of rotatable bonds is 8. The molecule has 0 aliphatic rings. The van der Waals surface area contributed by atoms with Crippen LogP contribution in [0.5, 0.6) is 0 Å². The second-order valence-corrected chi connectivity index (χ2v) is 16.4. The lowest BCUT2D eigenvalue weighted by Gasteiger charge is -2.29. The van der Waals surface area contributed by atoms with Crippen LogP contribution in [0.2, 0.25) is 0 Å². The van der Waals surface area contributed by atoms with E-state index < -0.39 is 0 Å². The van der Waals surface area contributed by atoms with Gasteiger partial charge in [-0.25, -0.2) is 0 Å². The molecule has 0 aliphatic heterocycles. The molecule has 0 fully saturated rings. The van der Waals surface area contributed by atoms with Crippen molar-refractivity contribution in [2.45, 2.75) is 0 Å². The molecule has 0 spiro atoms.